The first-order valence-corrected chi connectivity index (χ1v) is 10.6. The summed E-state index contributed by atoms with van der Waals surface area (Å²) in [7, 11) is 0. The van der Waals surface area contributed by atoms with E-state index in [9.17, 15) is 14.9 Å². The fourth-order valence-electron chi connectivity index (χ4n) is 3.51. The summed E-state index contributed by atoms with van der Waals surface area (Å²) in [4.78, 5) is 28.4. The predicted octanol–water partition coefficient (Wildman–Crippen LogP) is 3.99. The minimum atomic E-state index is -0.384. The molecule has 0 atom stereocenters. The third-order valence-corrected chi connectivity index (χ3v) is 5.18. The summed E-state index contributed by atoms with van der Waals surface area (Å²) in [5.41, 5.74) is 2.96. The van der Waals surface area contributed by atoms with E-state index in [-0.39, 0.29) is 11.8 Å². The Morgan fingerprint density at radius 1 is 1.09 bits per heavy atom. The van der Waals surface area contributed by atoms with Crippen molar-refractivity contribution >= 4 is 34.1 Å². The average molecular weight is 442 g/mol. The number of nitriles is 1. The molecule has 0 aliphatic carbocycles. The molecule has 2 aromatic heterocycles. The number of H-pyrrole nitrogens is 2. The minimum absolute atomic E-state index is 0.0561. The van der Waals surface area contributed by atoms with Crippen LogP contribution in [0.2, 0.25) is 0 Å². The molecule has 33 heavy (non-hydrogen) atoms. The molecule has 4 rings (SSSR count). The van der Waals surface area contributed by atoms with Crippen molar-refractivity contribution in [1.29, 1.82) is 5.26 Å². The minimum Gasteiger partial charge on any atom is -0.349 e. The summed E-state index contributed by atoms with van der Waals surface area (Å²) in [6.07, 6.45) is 3.35. The van der Waals surface area contributed by atoms with Crippen LogP contribution in [0.25, 0.3) is 22.3 Å². The van der Waals surface area contributed by atoms with Gasteiger partial charge in [-0.25, -0.2) is 5.10 Å². The van der Waals surface area contributed by atoms with Gasteiger partial charge >= 0.3 is 0 Å². The Labute approximate surface area is 189 Å². The van der Waals surface area contributed by atoms with Crippen molar-refractivity contribution in [1.82, 2.24) is 25.6 Å². The molecule has 2 aromatic carbocycles. The van der Waals surface area contributed by atoms with Crippen molar-refractivity contribution in [3.05, 3.63) is 53.7 Å². The van der Waals surface area contributed by atoms with E-state index >= 15 is 0 Å². The van der Waals surface area contributed by atoms with Gasteiger partial charge in [-0.2, -0.15) is 5.26 Å². The number of fused-ring (bicyclic) bond motifs is 1. The predicted molar refractivity (Wildman–Crippen MR) is 123 cm³/mol. The van der Waals surface area contributed by atoms with E-state index in [0.29, 0.717) is 46.0 Å². The van der Waals surface area contributed by atoms with Gasteiger partial charge in [-0.3, -0.25) is 9.59 Å². The lowest BCUT2D eigenvalue weighted by Gasteiger charge is -2.09. The van der Waals surface area contributed by atoms with Gasteiger partial charge in [0.25, 0.3) is 5.91 Å². The normalized spacial score (nSPS) is 10.7. The molecule has 0 aliphatic heterocycles. The fourth-order valence-corrected chi connectivity index (χ4v) is 3.51. The number of aromatic nitrogens is 5. The third-order valence-electron chi connectivity index (χ3n) is 5.18. The van der Waals surface area contributed by atoms with Crippen molar-refractivity contribution in [3.63, 3.8) is 0 Å². The van der Waals surface area contributed by atoms with Crippen LogP contribution < -0.4 is 10.6 Å². The van der Waals surface area contributed by atoms with Crippen molar-refractivity contribution in [2.24, 2.45) is 0 Å². The summed E-state index contributed by atoms with van der Waals surface area (Å²) in [5, 5.41) is 29.4. The van der Waals surface area contributed by atoms with Gasteiger partial charge in [0.2, 0.25) is 5.91 Å². The van der Waals surface area contributed by atoms with Gasteiger partial charge in [0.15, 0.2) is 5.82 Å². The Hall–Kier alpha value is -4.52. The van der Waals surface area contributed by atoms with E-state index in [4.69, 9.17) is 0 Å². The van der Waals surface area contributed by atoms with E-state index in [0.717, 1.165) is 24.6 Å². The molecular formula is C23H22N8O2. The number of para-hydroxylation sites is 1. The van der Waals surface area contributed by atoms with Crippen LogP contribution in [-0.2, 0) is 4.79 Å². The highest BCUT2D eigenvalue weighted by Crippen LogP contribution is 2.28. The second kappa shape index (κ2) is 9.74. The SMILES string of the molecule is CCCCCC(=O)Nc1cccc2cc(C(=O)Nc3ccc(C#N)cc3-c3nnn[nH]3)[nH]c12. The van der Waals surface area contributed by atoms with Gasteiger partial charge in [0.05, 0.1) is 28.5 Å². The first-order valence-electron chi connectivity index (χ1n) is 10.6. The van der Waals surface area contributed by atoms with E-state index in [2.05, 4.69) is 49.2 Å². The number of tetrazole rings is 1. The lowest BCUT2D eigenvalue weighted by atomic mass is 10.1. The zero-order valence-corrected chi connectivity index (χ0v) is 18.0. The number of unbranched alkanes of at least 4 members (excludes halogenated alkanes) is 2. The molecule has 4 aromatic rings. The average Bonchev–Trinajstić information content (AvgIpc) is 3.50. The summed E-state index contributed by atoms with van der Waals surface area (Å²) >= 11 is 0. The van der Waals surface area contributed by atoms with Crippen LogP contribution >= 0.6 is 0 Å². The van der Waals surface area contributed by atoms with E-state index in [1.807, 2.05) is 12.1 Å². The second-order valence-corrected chi connectivity index (χ2v) is 7.53. The Morgan fingerprint density at radius 3 is 2.73 bits per heavy atom. The first-order chi connectivity index (χ1) is 16.1. The standard InChI is InChI=1S/C23H22N8O2/c1-2-3-4-8-20(32)25-18-7-5-6-15-12-19(26-21(15)18)23(33)27-17-10-9-14(13-24)11-16(17)22-28-30-31-29-22/h5-7,9-12,26H,2-4,8H2,1H3,(H,25,32)(H,27,33)(H,28,29,30,31). The van der Waals surface area contributed by atoms with Gasteiger partial charge in [0, 0.05) is 17.4 Å². The van der Waals surface area contributed by atoms with Crippen LogP contribution in [0.5, 0.6) is 0 Å². The van der Waals surface area contributed by atoms with Crippen molar-refractivity contribution < 1.29 is 9.59 Å². The molecule has 0 aliphatic rings. The molecule has 2 amide bonds. The summed E-state index contributed by atoms with van der Waals surface area (Å²) in [6.45, 7) is 2.09. The van der Waals surface area contributed by atoms with Gasteiger partial charge in [-0.1, -0.05) is 31.9 Å². The second-order valence-electron chi connectivity index (χ2n) is 7.53. The van der Waals surface area contributed by atoms with Crippen LogP contribution in [-0.4, -0.2) is 37.4 Å². The Morgan fingerprint density at radius 2 is 1.97 bits per heavy atom. The topological polar surface area (TPSA) is 152 Å². The lowest BCUT2D eigenvalue weighted by molar-refractivity contribution is -0.116. The molecule has 166 valence electrons. The Balaban J connectivity index is 1.57. The van der Waals surface area contributed by atoms with Crippen molar-refractivity contribution in [3.8, 4) is 17.5 Å². The summed E-state index contributed by atoms with van der Waals surface area (Å²) in [6, 6.07) is 14.1. The quantitative estimate of drug-likeness (QED) is 0.303. The highest BCUT2D eigenvalue weighted by molar-refractivity contribution is 6.09. The maximum absolute atomic E-state index is 13.0. The van der Waals surface area contributed by atoms with Crippen LogP contribution in [0.3, 0.4) is 0 Å². The number of hydrogen-bond donors (Lipinski definition) is 4. The van der Waals surface area contributed by atoms with Gasteiger partial charge in [0.1, 0.15) is 5.69 Å². The van der Waals surface area contributed by atoms with E-state index in [1.165, 1.54) is 0 Å². The summed E-state index contributed by atoms with van der Waals surface area (Å²) < 4.78 is 0. The maximum Gasteiger partial charge on any atom is 0.272 e. The molecule has 0 radical (unpaired) electrons. The van der Waals surface area contributed by atoms with E-state index < -0.39 is 0 Å². The van der Waals surface area contributed by atoms with Crippen LogP contribution in [0, 0.1) is 11.3 Å². The molecular weight excluding hydrogens is 420 g/mol. The van der Waals surface area contributed by atoms with Gasteiger partial charge in [-0.05, 0) is 47.2 Å². The number of aromatic amines is 2. The maximum atomic E-state index is 13.0. The number of rotatable bonds is 8. The molecule has 0 saturated heterocycles. The largest absolute Gasteiger partial charge is 0.349 e. The molecule has 0 unspecified atom stereocenters. The number of nitrogens with zero attached hydrogens (tertiary/aromatic N) is 4. The van der Waals surface area contributed by atoms with Crippen LogP contribution in [0.4, 0.5) is 11.4 Å². The highest BCUT2D eigenvalue weighted by Gasteiger charge is 2.16. The number of anilines is 2. The molecule has 4 N–H and O–H groups in total. The summed E-state index contributed by atoms with van der Waals surface area (Å²) in [5.74, 6) is -0.114. The number of carbonyl (C=O) groups is 2. The van der Waals surface area contributed by atoms with E-state index in [1.54, 1.807) is 30.3 Å². The highest BCUT2D eigenvalue weighted by atomic mass is 16.2. The Bertz CT molecular complexity index is 1330. The molecule has 0 bridgehead atoms. The van der Waals surface area contributed by atoms with Crippen molar-refractivity contribution in [2.75, 3.05) is 10.6 Å². The molecule has 10 nitrogen and oxygen atoms in total. The van der Waals surface area contributed by atoms with Crippen LogP contribution in [0.15, 0.2) is 42.5 Å². The monoisotopic (exact) mass is 442 g/mol. The zero-order chi connectivity index (χ0) is 23.2. The lowest BCUT2D eigenvalue weighted by Crippen LogP contribution is -2.13. The number of carbonyl (C=O) groups excluding carboxylic acids is 2. The molecule has 2 heterocycles. The van der Waals surface area contributed by atoms with Gasteiger partial charge in [-0.15, -0.1) is 5.10 Å². The molecule has 0 fully saturated rings. The first kappa shape index (κ1) is 21.7. The molecule has 10 heteroatoms. The zero-order valence-electron chi connectivity index (χ0n) is 18.0. The third kappa shape index (κ3) is 4.88. The fraction of sp³-hybridized carbons (Fsp3) is 0.217. The number of benzene rings is 2. The molecule has 0 saturated carbocycles. The van der Waals surface area contributed by atoms with Crippen molar-refractivity contribution in [2.45, 2.75) is 32.6 Å². The Kier molecular flexibility index (Phi) is 6.40. The number of nitrogens with one attached hydrogen (secondary N) is 4. The smallest absolute Gasteiger partial charge is 0.272 e. The molecule has 0 spiro atoms. The number of amides is 2. The number of hydrogen-bond acceptors (Lipinski definition) is 6. The van der Waals surface area contributed by atoms with Gasteiger partial charge < -0.3 is 15.6 Å². The van der Waals surface area contributed by atoms with Crippen LogP contribution in [0.1, 0.15) is 48.7 Å².